The van der Waals surface area contributed by atoms with Crippen LogP contribution in [0, 0.1) is 13.8 Å². The Bertz CT molecular complexity index is 735. The summed E-state index contributed by atoms with van der Waals surface area (Å²) < 4.78 is 6.72. The fraction of sp³-hybridized carbons (Fsp3) is 0.353. The van der Waals surface area contributed by atoms with Gasteiger partial charge in [0, 0.05) is 19.7 Å². The number of amides is 2. The maximum absolute atomic E-state index is 12.1. The topological polar surface area (TPSA) is 85.2 Å². The summed E-state index contributed by atoms with van der Waals surface area (Å²) >= 11 is 0. The fourth-order valence-electron chi connectivity index (χ4n) is 2.32. The highest BCUT2D eigenvalue weighted by Gasteiger charge is 2.13. The maximum atomic E-state index is 12.1. The highest BCUT2D eigenvalue weighted by molar-refractivity contribution is 5.99. The molecule has 128 valence electrons. The number of hydrogen-bond donors (Lipinski definition) is 2. The molecular formula is C17H22N4O3. The number of nitrogens with one attached hydrogen (secondary N) is 2. The van der Waals surface area contributed by atoms with Crippen LogP contribution in [0.2, 0.25) is 0 Å². The van der Waals surface area contributed by atoms with Crippen LogP contribution >= 0.6 is 0 Å². The Labute approximate surface area is 141 Å². The first kappa shape index (κ1) is 17.7. The molecule has 0 atom stereocenters. The third-order valence-electron chi connectivity index (χ3n) is 3.71. The lowest BCUT2D eigenvalue weighted by molar-refractivity contribution is -0.115. The van der Waals surface area contributed by atoms with Gasteiger partial charge in [-0.25, -0.2) is 0 Å². The van der Waals surface area contributed by atoms with Crippen LogP contribution in [0.15, 0.2) is 24.3 Å². The molecule has 2 aromatic rings. The number of hydrogen-bond acceptors (Lipinski definition) is 4. The molecule has 1 heterocycles. The Balaban J connectivity index is 1.90. The molecular weight excluding hydrogens is 308 g/mol. The largest absolute Gasteiger partial charge is 0.380 e. The second kappa shape index (κ2) is 7.74. The Morgan fingerprint density at radius 3 is 2.42 bits per heavy atom. The Hall–Kier alpha value is -2.67. The third-order valence-corrected chi connectivity index (χ3v) is 3.71. The molecule has 2 N–H and O–H groups in total. The molecule has 0 aliphatic carbocycles. The molecule has 1 aromatic heterocycles. The zero-order chi connectivity index (χ0) is 17.7. The molecule has 0 fully saturated rings. The molecule has 0 spiro atoms. The summed E-state index contributed by atoms with van der Waals surface area (Å²) in [5, 5.41) is 9.62. The SMILES string of the molecule is COCc1ccc(C(=O)NCC(=O)Nc2c(C)nn(C)c2C)cc1. The predicted octanol–water partition coefficient (Wildman–Crippen LogP) is 1.55. The summed E-state index contributed by atoms with van der Waals surface area (Å²) in [7, 11) is 3.43. The molecule has 24 heavy (non-hydrogen) atoms. The van der Waals surface area contributed by atoms with E-state index in [9.17, 15) is 9.59 Å². The first-order valence-corrected chi connectivity index (χ1v) is 7.58. The Morgan fingerprint density at radius 2 is 1.88 bits per heavy atom. The van der Waals surface area contributed by atoms with Crippen molar-refractivity contribution >= 4 is 17.5 Å². The van der Waals surface area contributed by atoms with E-state index >= 15 is 0 Å². The fourth-order valence-corrected chi connectivity index (χ4v) is 2.32. The standard InChI is InChI=1S/C17H22N4O3/c1-11-16(12(2)21(3)20-11)19-15(22)9-18-17(23)14-7-5-13(6-8-14)10-24-4/h5-8H,9-10H2,1-4H3,(H,18,23)(H,19,22). The summed E-state index contributed by atoms with van der Waals surface area (Å²) in [6, 6.07) is 7.05. The highest BCUT2D eigenvalue weighted by atomic mass is 16.5. The quantitative estimate of drug-likeness (QED) is 0.841. The number of nitrogens with zero attached hydrogens (tertiary/aromatic N) is 2. The third kappa shape index (κ3) is 4.20. The molecule has 7 heteroatoms. The molecule has 0 saturated carbocycles. The van der Waals surface area contributed by atoms with Gasteiger partial charge < -0.3 is 15.4 Å². The smallest absolute Gasteiger partial charge is 0.251 e. The summed E-state index contributed by atoms with van der Waals surface area (Å²) in [5.74, 6) is -0.590. The van der Waals surface area contributed by atoms with Gasteiger partial charge in [0.2, 0.25) is 5.91 Å². The van der Waals surface area contributed by atoms with Crippen LogP contribution in [0.5, 0.6) is 0 Å². The summed E-state index contributed by atoms with van der Waals surface area (Å²) in [6.45, 7) is 4.08. The number of benzene rings is 1. The molecule has 0 saturated heterocycles. The van der Waals surface area contributed by atoms with Crippen molar-refractivity contribution in [3.63, 3.8) is 0 Å². The van der Waals surface area contributed by atoms with Gasteiger partial charge >= 0.3 is 0 Å². The summed E-state index contributed by atoms with van der Waals surface area (Å²) in [6.07, 6.45) is 0. The van der Waals surface area contributed by atoms with Crippen molar-refractivity contribution in [1.82, 2.24) is 15.1 Å². The number of rotatable bonds is 6. The monoisotopic (exact) mass is 330 g/mol. The minimum Gasteiger partial charge on any atom is -0.380 e. The van der Waals surface area contributed by atoms with Crippen molar-refractivity contribution < 1.29 is 14.3 Å². The molecule has 2 rings (SSSR count). The van der Waals surface area contributed by atoms with Crippen molar-refractivity contribution in [3.05, 3.63) is 46.8 Å². The van der Waals surface area contributed by atoms with Gasteiger partial charge in [-0.05, 0) is 31.5 Å². The molecule has 0 bridgehead atoms. The number of methoxy groups -OCH3 is 1. The van der Waals surface area contributed by atoms with Gasteiger partial charge in [-0.15, -0.1) is 0 Å². The van der Waals surface area contributed by atoms with Crippen molar-refractivity contribution in [3.8, 4) is 0 Å². The van der Waals surface area contributed by atoms with E-state index in [1.165, 1.54) is 0 Å². The Kier molecular flexibility index (Phi) is 5.70. The molecule has 0 radical (unpaired) electrons. The van der Waals surface area contributed by atoms with E-state index in [1.54, 1.807) is 23.9 Å². The van der Waals surface area contributed by atoms with Crippen LogP contribution in [0.3, 0.4) is 0 Å². The van der Waals surface area contributed by atoms with Gasteiger partial charge in [0.05, 0.1) is 30.2 Å². The van der Waals surface area contributed by atoms with E-state index in [0.29, 0.717) is 17.9 Å². The molecule has 2 amide bonds. The molecule has 1 aromatic carbocycles. The minimum absolute atomic E-state index is 0.105. The summed E-state index contributed by atoms with van der Waals surface area (Å²) in [4.78, 5) is 24.1. The first-order chi connectivity index (χ1) is 11.4. The van der Waals surface area contributed by atoms with Gasteiger partial charge in [0.25, 0.3) is 5.91 Å². The lowest BCUT2D eigenvalue weighted by atomic mass is 10.1. The van der Waals surface area contributed by atoms with Crippen LogP contribution in [-0.4, -0.2) is 35.2 Å². The highest BCUT2D eigenvalue weighted by Crippen LogP contribution is 2.17. The van der Waals surface area contributed by atoms with E-state index in [4.69, 9.17) is 4.74 Å². The van der Waals surface area contributed by atoms with Crippen LogP contribution < -0.4 is 10.6 Å². The maximum Gasteiger partial charge on any atom is 0.251 e. The average molecular weight is 330 g/mol. The Morgan fingerprint density at radius 1 is 1.21 bits per heavy atom. The number of ether oxygens (including phenoxy) is 1. The normalized spacial score (nSPS) is 10.5. The number of carbonyl (C=O) groups is 2. The number of aryl methyl sites for hydroxylation is 2. The lowest BCUT2D eigenvalue weighted by Gasteiger charge is -2.08. The molecule has 0 unspecified atom stereocenters. The number of anilines is 1. The zero-order valence-corrected chi connectivity index (χ0v) is 14.3. The van der Waals surface area contributed by atoms with E-state index in [1.807, 2.05) is 33.0 Å². The van der Waals surface area contributed by atoms with Gasteiger partial charge in [-0.1, -0.05) is 12.1 Å². The van der Waals surface area contributed by atoms with Crippen LogP contribution in [0.25, 0.3) is 0 Å². The van der Waals surface area contributed by atoms with Gasteiger partial charge in [-0.2, -0.15) is 5.10 Å². The van der Waals surface area contributed by atoms with E-state index in [-0.39, 0.29) is 18.4 Å². The zero-order valence-electron chi connectivity index (χ0n) is 14.3. The molecule has 0 aliphatic rings. The van der Waals surface area contributed by atoms with Crippen molar-refractivity contribution in [1.29, 1.82) is 0 Å². The molecule has 7 nitrogen and oxygen atoms in total. The predicted molar refractivity (Wildman–Crippen MR) is 90.8 cm³/mol. The van der Waals surface area contributed by atoms with Crippen LogP contribution in [0.4, 0.5) is 5.69 Å². The molecule has 0 aliphatic heterocycles. The van der Waals surface area contributed by atoms with Crippen LogP contribution in [-0.2, 0) is 23.2 Å². The van der Waals surface area contributed by atoms with Crippen LogP contribution in [0.1, 0.15) is 27.3 Å². The van der Waals surface area contributed by atoms with Gasteiger partial charge in [-0.3, -0.25) is 14.3 Å². The average Bonchev–Trinajstić information content (AvgIpc) is 2.80. The van der Waals surface area contributed by atoms with E-state index < -0.39 is 0 Å². The van der Waals surface area contributed by atoms with Crippen molar-refractivity contribution in [2.24, 2.45) is 7.05 Å². The number of aromatic nitrogens is 2. The minimum atomic E-state index is -0.297. The second-order valence-corrected chi connectivity index (χ2v) is 5.53. The number of carbonyl (C=O) groups excluding carboxylic acids is 2. The van der Waals surface area contributed by atoms with Crippen molar-refractivity contribution in [2.75, 3.05) is 19.0 Å². The first-order valence-electron chi connectivity index (χ1n) is 7.58. The second-order valence-electron chi connectivity index (χ2n) is 5.53. The summed E-state index contributed by atoms with van der Waals surface area (Å²) in [5.41, 5.74) is 3.76. The van der Waals surface area contributed by atoms with E-state index in [2.05, 4.69) is 15.7 Å². The van der Waals surface area contributed by atoms with Crippen molar-refractivity contribution in [2.45, 2.75) is 20.5 Å². The van der Waals surface area contributed by atoms with Gasteiger partial charge in [0.1, 0.15) is 0 Å². The van der Waals surface area contributed by atoms with Gasteiger partial charge in [0.15, 0.2) is 0 Å². The van der Waals surface area contributed by atoms with E-state index in [0.717, 1.165) is 17.0 Å². The lowest BCUT2D eigenvalue weighted by Crippen LogP contribution is -2.33.